The fraction of sp³-hybridized carbons (Fsp3) is 0.375. The summed E-state index contributed by atoms with van der Waals surface area (Å²) in [7, 11) is 0. The summed E-state index contributed by atoms with van der Waals surface area (Å²) in [5.41, 5.74) is 3.41. The number of nitrogens with zero attached hydrogens (tertiary/aromatic N) is 1. The lowest BCUT2D eigenvalue weighted by molar-refractivity contribution is 1.02. The molecule has 0 unspecified atom stereocenters. The topological polar surface area (TPSA) is 28.7 Å². The van der Waals surface area contributed by atoms with Crippen molar-refractivity contribution in [3.63, 3.8) is 0 Å². The van der Waals surface area contributed by atoms with Crippen molar-refractivity contribution >= 4 is 6.08 Å². The molecule has 1 aromatic rings. The highest BCUT2D eigenvalue weighted by Gasteiger charge is 1.99. The Bertz CT molecular complexity index is 226. The van der Waals surface area contributed by atoms with E-state index in [1.807, 2.05) is 26.8 Å². The third-order valence-electron chi connectivity index (χ3n) is 1.52. The van der Waals surface area contributed by atoms with Crippen LogP contribution in [-0.2, 0) is 0 Å². The van der Waals surface area contributed by atoms with Gasteiger partial charge in [0, 0.05) is 11.3 Å². The lowest BCUT2D eigenvalue weighted by atomic mass is 10.2. The van der Waals surface area contributed by atoms with E-state index < -0.39 is 0 Å². The van der Waals surface area contributed by atoms with Gasteiger partial charge < -0.3 is 0 Å². The zero-order chi connectivity index (χ0) is 7.56. The van der Waals surface area contributed by atoms with Gasteiger partial charge in [-0.2, -0.15) is 5.10 Å². The van der Waals surface area contributed by atoms with Gasteiger partial charge in [0.15, 0.2) is 0 Å². The van der Waals surface area contributed by atoms with E-state index in [0.717, 1.165) is 11.4 Å². The Balaban J connectivity index is 3.10. The quantitative estimate of drug-likeness (QED) is 0.629. The van der Waals surface area contributed by atoms with Crippen molar-refractivity contribution in [3.05, 3.63) is 23.0 Å². The Labute approximate surface area is 61.0 Å². The largest absolute Gasteiger partial charge is 0.282 e. The Morgan fingerprint density at radius 3 is 2.50 bits per heavy atom. The predicted octanol–water partition coefficient (Wildman–Crippen LogP) is 2.06. The van der Waals surface area contributed by atoms with Crippen LogP contribution in [0.25, 0.3) is 6.08 Å². The van der Waals surface area contributed by atoms with Gasteiger partial charge >= 0.3 is 0 Å². The van der Waals surface area contributed by atoms with Crippen molar-refractivity contribution in [3.8, 4) is 0 Å². The van der Waals surface area contributed by atoms with Crippen molar-refractivity contribution in [1.29, 1.82) is 0 Å². The summed E-state index contributed by atoms with van der Waals surface area (Å²) < 4.78 is 0. The van der Waals surface area contributed by atoms with Crippen molar-refractivity contribution < 1.29 is 0 Å². The molecule has 2 heteroatoms. The number of rotatable bonds is 1. The summed E-state index contributed by atoms with van der Waals surface area (Å²) in [5, 5.41) is 6.98. The summed E-state index contributed by atoms with van der Waals surface area (Å²) >= 11 is 0. The molecule has 0 bridgehead atoms. The van der Waals surface area contributed by atoms with Crippen molar-refractivity contribution in [2.45, 2.75) is 20.8 Å². The fourth-order valence-electron chi connectivity index (χ4n) is 0.972. The van der Waals surface area contributed by atoms with Crippen LogP contribution < -0.4 is 0 Å². The summed E-state index contributed by atoms with van der Waals surface area (Å²) in [6.45, 7) is 6.03. The minimum absolute atomic E-state index is 1.07. The summed E-state index contributed by atoms with van der Waals surface area (Å²) in [4.78, 5) is 0. The molecule has 1 N–H and O–H groups in total. The van der Waals surface area contributed by atoms with Crippen molar-refractivity contribution in [2.24, 2.45) is 0 Å². The molecule has 0 radical (unpaired) electrons. The van der Waals surface area contributed by atoms with E-state index in [-0.39, 0.29) is 0 Å². The Hall–Kier alpha value is -1.05. The number of aromatic amines is 1. The number of aryl methyl sites for hydroxylation is 2. The van der Waals surface area contributed by atoms with E-state index in [9.17, 15) is 0 Å². The van der Waals surface area contributed by atoms with E-state index in [1.54, 1.807) is 0 Å². The average molecular weight is 136 g/mol. The van der Waals surface area contributed by atoms with Crippen LogP contribution in [0.3, 0.4) is 0 Å². The first kappa shape index (κ1) is 7.06. The zero-order valence-electron chi connectivity index (χ0n) is 6.60. The van der Waals surface area contributed by atoms with Gasteiger partial charge in [-0.05, 0) is 20.8 Å². The number of hydrogen-bond acceptors (Lipinski definition) is 1. The first-order valence-corrected chi connectivity index (χ1v) is 3.40. The molecule has 0 aliphatic heterocycles. The molecular formula is C8H12N2. The van der Waals surface area contributed by atoms with Crippen LogP contribution in [0, 0.1) is 13.8 Å². The van der Waals surface area contributed by atoms with Crippen LogP contribution in [0.4, 0.5) is 0 Å². The van der Waals surface area contributed by atoms with Crippen LogP contribution in [-0.4, -0.2) is 10.2 Å². The maximum absolute atomic E-state index is 4.06. The molecular weight excluding hydrogens is 124 g/mol. The van der Waals surface area contributed by atoms with Crippen molar-refractivity contribution in [2.75, 3.05) is 0 Å². The second-order valence-electron chi connectivity index (χ2n) is 2.35. The highest BCUT2D eigenvalue weighted by Crippen LogP contribution is 2.10. The average Bonchev–Trinajstić information content (AvgIpc) is 2.20. The molecule has 54 valence electrons. The Morgan fingerprint density at radius 1 is 1.40 bits per heavy atom. The second kappa shape index (κ2) is 2.69. The highest BCUT2D eigenvalue weighted by atomic mass is 15.1. The molecule has 1 rings (SSSR count). The Kier molecular flexibility index (Phi) is 1.90. The monoisotopic (exact) mass is 136 g/mol. The van der Waals surface area contributed by atoms with Crippen LogP contribution in [0.15, 0.2) is 6.08 Å². The smallest absolute Gasteiger partial charge is 0.0666 e. The van der Waals surface area contributed by atoms with Crippen LogP contribution >= 0.6 is 0 Å². The third-order valence-corrected chi connectivity index (χ3v) is 1.52. The molecule has 0 amide bonds. The maximum Gasteiger partial charge on any atom is 0.0666 e. The lowest BCUT2D eigenvalue weighted by Gasteiger charge is -1.88. The fourth-order valence-corrected chi connectivity index (χ4v) is 0.972. The summed E-state index contributed by atoms with van der Waals surface area (Å²) in [6, 6.07) is 0. The first-order valence-electron chi connectivity index (χ1n) is 3.40. The molecule has 10 heavy (non-hydrogen) atoms. The van der Waals surface area contributed by atoms with Crippen LogP contribution in [0.1, 0.15) is 23.9 Å². The van der Waals surface area contributed by atoms with Gasteiger partial charge in [0.2, 0.25) is 0 Å². The van der Waals surface area contributed by atoms with Crippen LogP contribution in [0.5, 0.6) is 0 Å². The molecule has 1 aromatic heterocycles. The number of aromatic nitrogens is 2. The van der Waals surface area contributed by atoms with Crippen molar-refractivity contribution in [1.82, 2.24) is 10.2 Å². The maximum atomic E-state index is 4.06. The van der Waals surface area contributed by atoms with Gasteiger partial charge in [-0.3, -0.25) is 5.10 Å². The molecule has 1 heterocycles. The van der Waals surface area contributed by atoms with Gasteiger partial charge in [0.05, 0.1) is 5.69 Å². The molecule has 0 saturated heterocycles. The second-order valence-corrected chi connectivity index (χ2v) is 2.35. The van der Waals surface area contributed by atoms with E-state index in [2.05, 4.69) is 16.3 Å². The van der Waals surface area contributed by atoms with Gasteiger partial charge in [0.25, 0.3) is 0 Å². The van der Waals surface area contributed by atoms with Crippen LogP contribution in [0.2, 0.25) is 0 Å². The predicted molar refractivity (Wildman–Crippen MR) is 42.8 cm³/mol. The Morgan fingerprint density at radius 2 is 2.10 bits per heavy atom. The minimum atomic E-state index is 1.07. The van der Waals surface area contributed by atoms with Gasteiger partial charge in [0.1, 0.15) is 0 Å². The number of allylic oxidation sites excluding steroid dienone is 1. The number of H-pyrrole nitrogens is 1. The normalized spacial score (nSPS) is 11.1. The molecule has 0 aliphatic carbocycles. The molecule has 0 aliphatic rings. The minimum Gasteiger partial charge on any atom is -0.282 e. The van der Waals surface area contributed by atoms with Gasteiger partial charge in [-0.15, -0.1) is 0 Å². The standard InChI is InChI=1S/C8H12N2/c1-4-5-8-6(2)9-10-7(8)3/h4-5H,1-3H3,(H,9,10)/b5-4-. The molecule has 0 fully saturated rings. The van der Waals surface area contributed by atoms with Gasteiger partial charge in [-0.25, -0.2) is 0 Å². The first-order chi connectivity index (χ1) is 4.75. The van der Waals surface area contributed by atoms with E-state index >= 15 is 0 Å². The highest BCUT2D eigenvalue weighted by molar-refractivity contribution is 5.53. The molecule has 0 aromatic carbocycles. The van der Waals surface area contributed by atoms with E-state index in [1.165, 1.54) is 5.56 Å². The lowest BCUT2D eigenvalue weighted by Crippen LogP contribution is -1.75. The SMILES string of the molecule is C/C=C\c1c(C)n[nH]c1C. The molecule has 0 spiro atoms. The number of hydrogen-bond donors (Lipinski definition) is 1. The summed E-state index contributed by atoms with van der Waals surface area (Å²) in [6.07, 6.45) is 4.08. The number of nitrogens with one attached hydrogen (secondary N) is 1. The molecule has 0 atom stereocenters. The van der Waals surface area contributed by atoms with Gasteiger partial charge in [-0.1, -0.05) is 12.2 Å². The zero-order valence-corrected chi connectivity index (χ0v) is 6.60. The van der Waals surface area contributed by atoms with E-state index in [0.29, 0.717) is 0 Å². The molecule has 2 nitrogen and oxygen atoms in total. The third kappa shape index (κ3) is 1.10. The summed E-state index contributed by atoms with van der Waals surface area (Å²) in [5.74, 6) is 0. The van der Waals surface area contributed by atoms with E-state index in [4.69, 9.17) is 0 Å². The molecule has 0 saturated carbocycles.